The molecular formula is C29H26FN3O3. The van der Waals surface area contributed by atoms with E-state index >= 15 is 0 Å². The van der Waals surface area contributed by atoms with Gasteiger partial charge in [-0.2, -0.15) is 0 Å². The van der Waals surface area contributed by atoms with E-state index in [-0.39, 0.29) is 17.5 Å². The van der Waals surface area contributed by atoms with Crippen molar-refractivity contribution in [3.05, 3.63) is 99.2 Å². The molecule has 7 rings (SSSR count). The molecule has 0 spiro atoms. The lowest BCUT2D eigenvalue weighted by Gasteiger charge is -2.28. The molecule has 3 aliphatic heterocycles. The molecule has 7 heteroatoms. The van der Waals surface area contributed by atoms with E-state index in [0.29, 0.717) is 18.4 Å². The van der Waals surface area contributed by atoms with Crippen LogP contribution in [0.2, 0.25) is 0 Å². The van der Waals surface area contributed by atoms with Crippen LogP contribution in [0.4, 0.5) is 4.39 Å². The van der Waals surface area contributed by atoms with Crippen molar-refractivity contribution in [1.82, 2.24) is 14.5 Å². The monoisotopic (exact) mass is 483 g/mol. The fraction of sp³-hybridized carbons (Fsp3) is 0.276. The highest BCUT2D eigenvalue weighted by molar-refractivity contribution is 5.95. The second kappa shape index (κ2) is 8.47. The minimum Gasteiger partial charge on any atom is -0.488 e. The van der Waals surface area contributed by atoms with Crippen molar-refractivity contribution in [2.45, 2.75) is 25.1 Å². The maximum absolute atomic E-state index is 14.0. The second-order valence-electron chi connectivity index (χ2n) is 9.83. The zero-order chi connectivity index (χ0) is 24.2. The van der Waals surface area contributed by atoms with E-state index in [1.54, 1.807) is 6.07 Å². The number of halogens is 1. The lowest BCUT2D eigenvalue weighted by atomic mass is 9.92. The SMILES string of the molecule is O=c1[nH]c2cc(C=C3c4ccccc4COc4cc(F)ccc43)ccc2n1C1CC2COCCN2C1. The van der Waals surface area contributed by atoms with Gasteiger partial charge in [0.15, 0.2) is 0 Å². The largest absolute Gasteiger partial charge is 0.488 e. The Kier molecular flexibility index (Phi) is 5.08. The number of nitrogens with zero attached hydrogens (tertiary/aromatic N) is 2. The summed E-state index contributed by atoms with van der Waals surface area (Å²) in [5.74, 6) is 0.203. The van der Waals surface area contributed by atoms with Crippen LogP contribution < -0.4 is 10.4 Å². The van der Waals surface area contributed by atoms with Gasteiger partial charge in [0.2, 0.25) is 0 Å². The number of benzene rings is 3. The zero-order valence-corrected chi connectivity index (χ0v) is 19.7. The number of hydrogen-bond donors (Lipinski definition) is 1. The Labute approximate surface area is 207 Å². The fourth-order valence-corrected chi connectivity index (χ4v) is 5.96. The number of H-pyrrole nitrogens is 1. The van der Waals surface area contributed by atoms with Crippen molar-refractivity contribution in [1.29, 1.82) is 0 Å². The molecule has 3 aliphatic rings. The first-order valence-electron chi connectivity index (χ1n) is 12.4. The molecule has 0 amide bonds. The maximum Gasteiger partial charge on any atom is 0.326 e. The molecule has 3 aromatic carbocycles. The molecule has 2 atom stereocenters. The van der Waals surface area contributed by atoms with Crippen molar-refractivity contribution >= 4 is 22.7 Å². The van der Waals surface area contributed by atoms with Crippen LogP contribution in [0.5, 0.6) is 5.75 Å². The normalized spacial score (nSPS) is 22.6. The van der Waals surface area contributed by atoms with Crippen LogP contribution in [-0.2, 0) is 11.3 Å². The van der Waals surface area contributed by atoms with Crippen molar-refractivity contribution in [2.75, 3.05) is 26.3 Å². The molecule has 6 nitrogen and oxygen atoms in total. The van der Waals surface area contributed by atoms with Crippen LogP contribution in [0.1, 0.15) is 34.7 Å². The van der Waals surface area contributed by atoms with Gasteiger partial charge in [0.05, 0.1) is 30.3 Å². The quantitative estimate of drug-likeness (QED) is 0.453. The lowest BCUT2D eigenvalue weighted by molar-refractivity contribution is 0.0128. The molecule has 0 saturated carbocycles. The van der Waals surface area contributed by atoms with Gasteiger partial charge in [0, 0.05) is 30.8 Å². The highest BCUT2D eigenvalue weighted by atomic mass is 19.1. The van der Waals surface area contributed by atoms with Crippen molar-refractivity contribution < 1.29 is 13.9 Å². The number of fused-ring (bicyclic) bond motifs is 4. The molecule has 2 fully saturated rings. The third kappa shape index (κ3) is 3.58. The van der Waals surface area contributed by atoms with Crippen LogP contribution >= 0.6 is 0 Å². The third-order valence-corrected chi connectivity index (χ3v) is 7.68. The first-order chi connectivity index (χ1) is 17.6. The molecule has 0 bridgehead atoms. The number of aromatic nitrogens is 2. The maximum atomic E-state index is 14.0. The summed E-state index contributed by atoms with van der Waals surface area (Å²) >= 11 is 0. The summed E-state index contributed by atoms with van der Waals surface area (Å²) in [6.07, 6.45) is 3.01. The molecule has 2 saturated heterocycles. The Bertz CT molecular complexity index is 1560. The molecule has 36 heavy (non-hydrogen) atoms. The number of morpholine rings is 1. The topological polar surface area (TPSA) is 59.5 Å². The summed E-state index contributed by atoms with van der Waals surface area (Å²) in [7, 11) is 0. The number of nitrogens with one attached hydrogen (secondary N) is 1. The van der Waals surface area contributed by atoms with Crippen molar-refractivity contribution in [3.8, 4) is 5.75 Å². The van der Waals surface area contributed by atoms with Gasteiger partial charge in [-0.15, -0.1) is 0 Å². The Morgan fingerprint density at radius 3 is 2.86 bits per heavy atom. The average molecular weight is 484 g/mol. The molecule has 4 heterocycles. The van der Waals surface area contributed by atoms with E-state index in [9.17, 15) is 9.18 Å². The molecule has 182 valence electrons. The molecular weight excluding hydrogens is 457 g/mol. The predicted octanol–water partition coefficient (Wildman–Crippen LogP) is 4.60. The Morgan fingerprint density at radius 1 is 1.03 bits per heavy atom. The van der Waals surface area contributed by atoms with Crippen LogP contribution in [-0.4, -0.2) is 46.8 Å². The molecule has 4 aromatic rings. The van der Waals surface area contributed by atoms with Crippen LogP contribution in [0.3, 0.4) is 0 Å². The number of rotatable bonds is 2. The lowest BCUT2D eigenvalue weighted by Crippen LogP contribution is -2.40. The Morgan fingerprint density at radius 2 is 1.94 bits per heavy atom. The van der Waals surface area contributed by atoms with E-state index in [1.165, 1.54) is 12.1 Å². The van der Waals surface area contributed by atoms with E-state index < -0.39 is 0 Å². The van der Waals surface area contributed by atoms with Crippen molar-refractivity contribution in [2.24, 2.45) is 0 Å². The number of imidazole rings is 1. The predicted molar refractivity (Wildman–Crippen MR) is 137 cm³/mol. The van der Waals surface area contributed by atoms with Crippen LogP contribution in [0, 0.1) is 5.82 Å². The first kappa shape index (κ1) is 21.6. The van der Waals surface area contributed by atoms with E-state index in [1.807, 2.05) is 41.0 Å². The zero-order valence-electron chi connectivity index (χ0n) is 19.7. The minimum absolute atomic E-state index is 0.0744. The summed E-state index contributed by atoms with van der Waals surface area (Å²) in [4.78, 5) is 18.5. The number of aromatic amines is 1. The van der Waals surface area contributed by atoms with Gasteiger partial charge < -0.3 is 14.5 Å². The fourth-order valence-electron chi connectivity index (χ4n) is 5.96. The molecule has 1 aromatic heterocycles. The van der Waals surface area contributed by atoms with Gasteiger partial charge in [-0.1, -0.05) is 30.3 Å². The molecule has 0 aliphatic carbocycles. The van der Waals surface area contributed by atoms with Crippen molar-refractivity contribution in [3.63, 3.8) is 0 Å². The van der Waals surface area contributed by atoms with Gasteiger partial charge >= 0.3 is 5.69 Å². The van der Waals surface area contributed by atoms with E-state index in [2.05, 4.69) is 22.0 Å². The van der Waals surface area contributed by atoms with E-state index in [4.69, 9.17) is 9.47 Å². The summed E-state index contributed by atoms with van der Waals surface area (Å²) < 4.78 is 27.5. The van der Waals surface area contributed by atoms with Gasteiger partial charge in [-0.25, -0.2) is 9.18 Å². The minimum atomic E-state index is -0.325. The summed E-state index contributed by atoms with van der Waals surface area (Å²) in [6.45, 7) is 3.67. The van der Waals surface area contributed by atoms with Crippen LogP contribution in [0.25, 0.3) is 22.7 Å². The van der Waals surface area contributed by atoms with Gasteiger partial charge in [-0.3, -0.25) is 9.47 Å². The standard InChI is InChI=1S/C29H26FN3O3/c30-20-6-7-24-25(23-4-2-1-3-19(23)16-36-28(24)13-20)11-18-5-8-27-26(12-18)31-29(34)33(27)21-14-22-17-35-10-9-32(22)15-21/h1-8,11-13,21-22H,9-10,14-17H2,(H,31,34). The third-order valence-electron chi connectivity index (χ3n) is 7.68. The highest BCUT2D eigenvalue weighted by Gasteiger charge is 2.36. The average Bonchev–Trinajstić information content (AvgIpc) is 3.41. The first-order valence-corrected chi connectivity index (χ1v) is 12.4. The van der Waals surface area contributed by atoms with Gasteiger partial charge in [0.25, 0.3) is 0 Å². The summed E-state index contributed by atoms with van der Waals surface area (Å²) in [5.41, 5.74) is 6.52. The van der Waals surface area contributed by atoms with Crippen LogP contribution in [0.15, 0.2) is 65.5 Å². The van der Waals surface area contributed by atoms with Gasteiger partial charge in [0.1, 0.15) is 18.2 Å². The Hall–Kier alpha value is -3.68. The molecule has 0 radical (unpaired) electrons. The summed E-state index contributed by atoms with van der Waals surface area (Å²) in [5, 5.41) is 0. The highest BCUT2D eigenvalue weighted by Crippen LogP contribution is 2.38. The molecule has 2 unspecified atom stereocenters. The summed E-state index contributed by atoms with van der Waals surface area (Å²) in [6, 6.07) is 19.4. The number of hydrogen-bond acceptors (Lipinski definition) is 4. The smallest absolute Gasteiger partial charge is 0.326 e. The second-order valence-corrected chi connectivity index (χ2v) is 9.83. The Balaban J connectivity index is 1.31. The number of ether oxygens (including phenoxy) is 2. The molecule has 1 N–H and O–H groups in total. The van der Waals surface area contributed by atoms with Gasteiger partial charge in [-0.05, 0) is 59.0 Å². The van der Waals surface area contributed by atoms with E-state index in [0.717, 1.165) is 71.6 Å².